The van der Waals surface area contributed by atoms with Crippen LogP contribution in [0.4, 0.5) is 11.4 Å². The number of carbonyl (C=O) groups excluding carboxylic acids is 2. The lowest BCUT2D eigenvalue weighted by atomic mass is 10.1. The number of benzene rings is 2. The molecule has 5 heteroatoms. The summed E-state index contributed by atoms with van der Waals surface area (Å²) in [5.74, 6) is -0.617. The number of carbonyl (C=O) groups is 2. The Hall–Kier alpha value is -3.13. The summed E-state index contributed by atoms with van der Waals surface area (Å²) in [6.07, 6.45) is 0. The van der Waals surface area contributed by atoms with E-state index in [0.717, 1.165) is 11.1 Å². The van der Waals surface area contributed by atoms with E-state index in [-0.39, 0.29) is 18.4 Å². The summed E-state index contributed by atoms with van der Waals surface area (Å²) in [6, 6.07) is 14.4. The molecule has 0 fully saturated rings. The van der Waals surface area contributed by atoms with Crippen molar-refractivity contribution in [1.29, 1.82) is 5.26 Å². The Morgan fingerprint density at radius 2 is 1.83 bits per heavy atom. The van der Waals surface area contributed by atoms with Crippen LogP contribution in [0.3, 0.4) is 0 Å². The van der Waals surface area contributed by atoms with Crippen molar-refractivity contribution in [3.63, 3.8) is 0 Å². The van der Waals surface area contributed by atoms with Gasteiger partial charge in [-0.15, -0.1) is 0 Å². The van der Waals surface area contributed by atoms with E-state index in [9.17, 15) is 14.9 Å². The molecule has 122 valence electrons. The molecule has 0 heterocycles. The zero-order valence-corrected chi connectivity index (χ0v) is 14.0. The van der Waals surface area contributed by atoms with Crippen LogP contribution in [0.15, 0.2) is 42.5 Å². The van der Waals surface area contributed by atoms with Crippen LogP contribution in [-0.2, 0) is 9.59 Å². The number of nitrogens with zero attached hydrogens (tertiary/aromatic N) is 2. The molecule has 0 saturated carbocycles. The van der Waals surface area contributed by atoms with Gasteiger partial charge in [-0.3, -0.25) is 9.59 Å². The van der Waals surface area contributed by atoms with E-state index in [0.29, 0.717) is 16.9 Å². The van der Waals surface area contributed by atoms with Gasteiger partial charge in [0, 0.05) is 12.6 Å². The van der Waals surface area contributed by atoms with Crippen LogP contribution in [-0.4, -0.2) is 18.4 Å². The molecule has 0 atom stereocenters. The molecule has 0 aliphatic carbocycles. The number of amides is 2. The van der Waals surface area contributed by atoms with Crippen LogP contribution in [0.1, 0.15) is 23.6 Å². The smallest absolute Gasteiger partial charge is 0.244 e. The van der Waals surface area contributed by atoms with Crippen molar-refractivity contribution in [3.05, 3.63) is 59.2 Å². The number of para-hydroxylation sites is 1. The average molecular weight is 321 g/mol. The van der Waals surface area contributed by atoms with Crippen LogP contribution in [0.5, 0.6) is 0 Å². The Morgan fingerprint density at radius 1 is 1.12 bits per heavy atom. The average Bonchev–Trinajstić information content (AvgIpc) is 2.56. The Labute approximate surface area is 141 Å². The number of rotatable bonds is 4. The van der Waals surface area contributed by atoms with Gasteiger partial charge in [0.05, 0.1) is 11.3 Å². The second-order valence-electron chi connectivity index (χ2n) is 5.58. The lowest BCUT2D eigenvalue weighted by Gasteiger charge is -2.21. The van der Waals surface area contributed by atoms with Crippen molar-refractivity contribution < 1.29 is 9.59 Å². The van der Waals surface area contributed by atoms with Crippen LogP contribution < -0.4 is 10.2 Å². The van der Waals surface area contributed by atoms with Gasteiger partial charge in [0.25, 0.3) is 0 Å². The highest BCUT2D eigenvalue weighted by Crippen LogP contribution is 2.20. The fourth-order valence-electron chi connectivity index (χ4n) is 2.33. The normalized spacial score (nSPS) is 9.92. The molecule has 0 aliphatic heterocycles. The lowest BCUT2D eigenvalue weighted by molar-refractivity contribution is -0.120. The predicted molar refractivity (Wildman–Crippen MR) is 93.7 cm³/mol. The molecule has 2 rings (SSSR count). The molecule has 2 aromatic rings. The van der Waals surface area contributed by atoms with E-state index < -0.39 is 0 Å². The van der Waals surface area contributed by atoms with Crippen molar-refractivity contribution in [3.8, 4) is 6.07 Å². The molecular formula is C19H19N3O2. The molecular weight excluding hydrogens is 302 g/mol. The van der Waals surface area contributed by atoms with Crippen molar-refractivity contribution in [2.45, 2.75) is 20.8 Å². The lowest BCUT2D eigenvalue weighted by Crippen LogP contribution is -2.37. The van der Waals surface area contributed by atoms with Gasteiger partial charge >= 0.3 is 0 Å². The molecule has 5 nitrogen and oxygen atoms in total. The van der Waals surface area contributed by atoms with Gasteiger partial charge < -0.3 is 10.2 Å². The van der Waals surface area contributed by atoms with E-state index >= 15 is 0 Å². The van der Waals surface area contributed by atoms with Crippen LogP contribution in [0, 0.1) is 25.2 Å². The molecule has 0 saturated heterocycles. The van der Waals surface area contributed by atoms with Crippen LogP contribution in [0.25, 0.3) is 0 Å². The van der Waals surface area contributed by atoms with Crippen LogP contribution >= 0.6 is 0 Å². The van der Waals surface area contributed by atoms with Gasteiger partial charge in [-0.25, -0.2) is 0 Å². The molecule has 1 N–H and O–H groups in total. The summed E-state index contributed by atoms with van der Waals surface area (Å²) in [4.78, 5) is 25.5. The minimum Gasteiger partial charge on any atom is -0.325 e. The second-order valence-corrected chi connectivity index (χ2v) is 5.58. The zero-order chi connectivity index (χ0) is 17.7. The fraction of sp³-hybridized carbons (Fsp3) is 0.211. The Kier molecular flexibility index (Phi) is 5.33. The van der Waals surface area contributed by atoms with Gasteiger partial charge in [-0.05, 0) is 49.2 Å². The number of anilines is 2. The largest absolute Gasteiger partial charge is 0.325 e. The summed E-state index contributed by atoms with van der Waals surface area (Å²) in [5.41, 5.74) is 3.68. The number of aryl methyl sites for hydroxylation is 2. The van der Waals surface area contributed by atoms with Crippen molar-refractivity contribution in [2.75, 3.05) is 16.8 Å². The second kappa shape index (κ2) is 7.42. The SMILES string of the molecule is CC(=O)N(CC(=O)Nc1ccc(C)c(C)c1)c1ccccc1C#N. The van der Waals surface area contributed by atoms with Crippen molar-refractivity contribution in [1.82, 2.24) is 0 Å². The molecule has 24 heavy (non-hydrogen) atoms. The molecule has 0 aromatic heterocycles. The predicted octanol–water partition coefficient (Wildman–Crippen LogP) is 3.17. The molecule has 0 bridgehead atoms. The Balaban J connectivity index is 2.19. The third-order valence-electron chi connectivity index (χ3n) is 3.79. The van der Waals surface area contributed by atoms with E-state index in [1.807, 2.05) is 38.1 Å². The van der Waals surface area contributed by atoms with Gasteiger partial charge in [0.1, 0.15) is 12.6 Å². The number of nitrogens with one attached hydrogen (secondary N) is 1. The fourth-order valence-corrected chi connectivity index (χ4v) is 2.33. The van der Waals surface area contributed by atoms with E-state index in [2.05, 4.69) is 5.32 Å². The Morgan fingerprint density at radius 3 is 2.46 bits per heavy atom. The highest BCUT2D eigenvalue weighted by atomic mass is 16.2. The molecule has 0 aliphatic rings. The van der Waals surface area contributed by atoms with Crippen LogP contribution in [0.2, 0.25) is 0 Å². The minimum absolute atomic E-state index is 0.152. The first kappa shape index (κ1) is 17.2. The van der Waals surface area contributed by atoms with E-state index in [1.165, 1.54) is 11.8 Å². The third kappa shape index (κ3) is 3.99. The number of hydrogen-bond donors (Lipinski definition) is 1. The Bertz CT molecular complexity index is 822. The topological polar surface area (TPSA) is 73.2 Å². The number of nitriles is 1. The van der Waals surface area contributed by atoms with Crippen molar-refractivity contribution >= 4 is 23.2 Å². The van der Waals surface area contributed by atoms with Gasteiger partial charge in [-0.1, -0.05) is 18.2 Å². The molecule has 0 radical (unpaired) electrons. The standard InChI is InChI=1S/C19H19N3O2/c1-13-8-9-17(10-14(13)2)21-19(24)12-22(15(3)23)18-7-5-4-6-16(18)11-20/h4-10H,12H2,1-3H3,(H,21,24). The highest BCUT2D eigenvalue weighted by molar-refractivity contribution is 6.02. The van der Waals surface area contributed by atoms with E-state index in [4.69, 9.17) is 0 Å². The molecule has 2 aromatic carbocycles. The third-order valence-corrected chi connectivity index (χ3v) is 3.79. The maximum atomic E-state index is 12.3. The summed E-state index contributed by atoms with van der Waals surface area (Å²) in [6.45, 7) is 5.19. The number of hydrogen-bond acceptors (Lipinski definition) is 3. The zero-order valence-electron chi connectivity index (χ0n) is 14.0. The first-order chi connectivity index (χ1) is 11.4. The van der Waals surface area contributed by atoms with Gasteiger partial charge in [-0.2, -0.15) is 5.26 Å². The summed E-state index contributed by atoms with van der Waals surface area (Å²) in [5, 5.41) is 12.0. The molecule has 0 unspecified atom stereocenters. The van der Waals surface area contributed by atoms with Gasteiger partial charge in [0.2, 0.25) is 11.8 Å². The van der Waals surface area contributed by atoms with Crippen molar-refractivity contribution in [2.24, 2.45) is 0 Å². The maximum Gasteiger partial charge on any atom is 0.244 e. The molecule has 0 spiro atoms. The minimum atomic E-state index is -0.318. The summed E-state index contributed by atoms with van der Waals surface area (Å²) >= 11 is 0. The maximum absolute atomic E-state index is 12.3. The first-order valence-electron chi connectivity index (χ1n) is 7.56. The highest BCUT2D eigenvalue weighted by Gasteiger charge is 2.18. The summed E-state index contributed by atoms with van der Waals surface area (Å²) in [7, 11) is 0. The quantitative estimate of drug-likeness (QED) is 0.940. The monoisotopic (exact) mass is 321 g/mol. The molecule has 2 amide bonds. The van der Waals surface area contributed by atoms with Gasteiger partial charge in [0.15, 0.2) is 0 Å². The summed E-state index contributed by atoms with van der Waals surface area (Å²) < 4.78 is 0. The van der Waals surface area contributed by atoms with E-state index in [1.54, 1.807) is 24.3 Å². The first-order valence-corrected chi connectivity index (χ1v) is 7.56.